The lowest BCUT2D eigenvalue weighted by Crippen LogP contribution is -1.96. The first-order valence-electron chi connectivity index (χ1n) is 4.49. The van der Waals surface area contributed by atoms with Crippen molar-refractivity contribution in [3.8, 4) is 0 Å². The Morgan fingerprint density at radius 1 is 1.53 bits per heavy atom. The van der Waals surface area contributed by atoms with Gasteiger partial charge in [-0.2, -0.15) is 8.76 Å². The molecule has 0 radical (unpaired) electrons. The third kappa shape index (κ3) is 2.77. The van der Waals surface area contributed by atoms with Crippen molar-refractivity contribution in [2.45, 2.75) is 10.1 Å². The number of halogens is 1. The zero-order valence-corrected chi connectivity index (χ0v) is 10.0. The zero-order valence-electron chi connectivity index (χ0n) is 8.37. The molecular formula is C9H6FN3O2S2. The second-order valence-corrected chi connectivity index (χ2v) is 5.01. The molecule has 8 heteroatoms. The van der Waals surface area contributed by atoms with E-state index < -0.39 is 16.4 Å². The van der Waals surface area contributed by atoms with Gasteiger partial charge in [0.1, 0.15) is 6.33 Å². The van der Waals surface area contributed by atoms with Crippen LogP contribution in [0.5, 0.6) is 0 Å². The van der Waals surface area contributed by atoms with Crippen molar-refractivity contribution < 1.29 is 9.31 Å². The van der Waals surface area contributed by atoms with Crippen LogP contribution in [0.2, 0.25) is 0 Å². The fraction of sp³-hybridized carbons (Fsp3) is 0.111. The average molecular weight is 271 g/mol. The van der Waals surface area contributed by atoms with Gasteiger partial charge in [0.05, 0.1) is 4.92 Å². The Morgan fingerprint density at radius 3 is 3.00 bits per heavy atom. The molecule has 0 unspecified atom stereocenters. The van der Waals surface area contributed by atoms with Crippen molar-refractivity contribution >= 4 is 29.0 Å². The summed E-state index contributed by atoms with van der Waals surface area (Å²) in [6.07, 6.45) is 1.41. The number of thioether (sulfide) groups is 1. The van der Waals surface area contributed by atoms with E-state index in [1.165, 1.54) is 41.8 Å². The first-order valence-corrected chi connectivity index (χ1v) is 6.25. The number of hydrogen-bond donors (Lipinski definition) is 0. The third-order valence-corrected chi connectivity index (χ3v) is 3.79. The second kappa shape index (κ2) is 5.19. The van der Waals surface area contributed by atoms with Gasteiger partial charge in [-0.3, -0.25) is 10.1 Å². The van der Waals surface area contributed by atoms with Gasteiger partial charge in [-0.25, -0.2) is 4.98 Å². The Bertz CT molecular complexity index is 533. The van der Waals surface area contributed by atoms with Crippen molar-refractivity contribution in [1.29, 1.82) is 0 Å². The minimum absolute atomic E-state index is 0.291. The summed E-state index contributed by atoms with van der Waals surface area (Å²) in [7, 11) is 0. The van der Waals surface area contributed by atoms with Gasteiger partial charge in [0.2, 0.25) is 5.82 Å². The molecule has 0 N–H and O–H groups in total. The Hall–Kier alpha value is -1.54. The lowest BCUT2D eigenvalue weighted by molar-refractivity contribution is -0.387. The molecule has 2 aromatic rings. The van der Waals surface area contributed by atoms with E-state index in [0.717, 1.165) is 6.07 Å². The van der Waals surface area contributed by atoms with E-state index in [9.17, 15) is 14.5 Å². The van der Waals surface area contributed by atoms with Crippen molar-refractivity contribution in [2.24, 2.45) is 0 Å². The van der Waals surface area contributed by atoms with Gasteiger partial charge in [0, 0.05) is 17.4 Å². The summed E-state index contributed by atoms with van der Waals surface area (Å²) in [5, 5.41) is 10.5. The number of nitro benzene ring substituents is 1. The predicted molar refractivity (Wildman–Crippen MR) is 62.5 cm³/mol. The molecule has 0 aliphatic carbocycles. The highest BCUT2D eigenvalue weighted by atomic mass is 32.2. The minimum Gasteiger partial charge on any atom is -0.258 e. The van der Waals surface area contributed by atoms with Gasteiger partial charge in [-0.05, 0) is 11.5 Å². The maximum atomic E-state index is 13.7. The van der Waals surface area contributed by atoms with Crippen LogP contribution in [0.4, 0.5) is 10.1 Å². The van der Waals surface area contributed by atoms with Crippen LogP contribution in [-0.4, -0.2) is 14.3 Å². The smallest absolute Gasteiger partial charge is 0.258 e. The molecule has 0 atom stereocenters. The molecule has 0 aliphatic heterocycles. The van der Waals surface area contributed by atoms with Crippen molar-refractivity contribution in [3.63, 3.8) is 0 Å². The van der Waals surface area contributed by atoms with E-state index in [0.29, 0.717) is 15.7 Å². The summed E-state index contributed by atoms with van der Waals surface area (Å²) in [5.41, 5.74) is -0.209. The molecule has 0 saturated heterocycles. The monoisotopic (exact) mass is 271 g/mol. The second-order valence-electron chi connectivity index (χ2n) is 3.00. The molecule has 0 fully saturated rings. The Labute approximate surface area is 104 Å². The van der Waals surface area contributed by atoms with Crippen LogP contribution >= 0.6 is 23.3 Å². The number of aromatic nitrogens is 2. The van der Waals surface area contributed by atoms with Gasteiger partial charge in [0.15, 0.2) is 4.34 Å². The van der Waals surface area contributed by atoms with Gasteiger partial charge in [-0.15, -0.1) is 0 Å². The van der Waals surface area contributed by atoms with E-state index in [-0.39, 0.29) is 0 Å². The van der Waals surface area contributed by atoms with Crippen molar-refractivity contribution in [1.82, 2.24) is 9.36 Å². The van der Waals surface area contributed by atoms with Gasteiger partial charge >= 0.3 is 5.69 Å². The van der Waals surface area contributed by atoms with Crippen LogP contribution in [0, 0.1) is 15.9 Å². The fourth-order valence-electron chi connectivity index (χ4n) is 1.18. The van der Waals surface area contributed by atoms with Crippen molar-refractivity contribution in [3.05, 3.63) is 46.0 Å². The number of hydrogen-bond acceptors (Lipinski definition) is 6. The molecule has 1 aromatic heterocycles. The Morgan fingerprint density at radius 2 is 2.35 bits per heavy atom. The summed E-state index contributed by atoms with van der Waals surface area (Å²) in [6, 6.07) is 4.14. The molecule has 2 rings (SSSR count). The zero-order chi connectivity index (χ0) is 12.3. The highest BCUT2D eigenvalue weighted by molar-refractivity contribution is 8.00. The topological polar surface area (TPSA) is 68.9 Å². The number of benzene rings is 1. The molecule has 1 aromatic carbocycles. The van der Waals surface area contributed by atoms with Crippen LogP contribution < -0.4 is 0 Å². The van der Waals surface area contributed by atoms with Crippen LogP contribution in [0.1, 0.15) is 5.56 Å². The minimum atomic E-state index is -0.783. The normalized spacial score (nSPS) is 10.4. The molecule has 0 spiro atoms. The van der Waals surface area contributed by atoms with E-state index >= 15 is 0 Å². The molecule has 0 bridgehead atoms. The van der Waals surface area contributed by atoms with Gasteiger partial charge in [-0.1, -0.05) is 23.9 Å². The number of nitro groups is 1. The van der Waals surface area contributed by atoms with Crippen molar-refractivity contribution in [2.75, 3.05) is 0 Å². The standard InChI is InChI=1S/C9H6FN3O2S2/c10-8-6(2-1-3-7(8)13(14)15)4-16-9-11-5-12-17-9/h1-3,5H,4H2. The highest BCUT2D eigenvalue weighted by Crippen LogP contribution is 2.27. The number of nitrogens with zero attached hydrogens (tertiary/aromatic N) is 3. The molecule has 0 aliphatic rings. The molecule has 1 heterocycles. The molecular weight excluding hydrogens is 265 g/mol. The molecule has 88 valence electrons. The molecule has 17 heavy (non-hydrogen) atoms. The summed E-state index contributed by atoms with van der Waals surface area (Å²) in [5.74, 6) is -0.489. The molecule has 0 amide bonds. The summed E-state index contributed by atoms with van der Waals surface area (Å²) in [4.78, 5) is 13.8. The van der Waals surface area contributed by atoms with Crippen LogP contribution in [0.25, 0.3) is 0 Å². The lowest BCUT2D eigenvalue weighted by Gasteiger charge is -2.01. The lowest BCUT2D eigenvalue weighted by atomic mass is 10.2. The maximum absolute atomic E-state index is 13.7. The van der Waals surface area contributed by atoms with Crippen LogP contribution in [0.15, 0.2) is 28.9 Å². The SMILES string of the molecule is O=[N+]([O-])c1cccc(CSc2ncns2)c1F. The van der Waals surface area contributed by atoms with E-state index in [4.69, 9.17) is 0 Å². The molecule has 5 nitrogen and oxygen atoms in total. The van der Waals surface area contributed by atoms with Crippen LogP contribution in [-0.2, 0) is 5.75 Å². The third-order valence-electron chi connectivity index (χ3n) is 1.95. The highest BCUT2D eigenvalue weighted by Gasteiger charge is 2.17. The quantitative estimate of drug-likeness (QED) is 0.486. The van der Waals surface area contributed by atoms with E-state index in [1.807, 2.05) is 0 Å². The summed E-state index contributed by atoms with van der Waals surface area (Å²) >= 11 is 2.50. The number of rotatable bonds is 4. The fourth-order valence-corrected chi connectivity index (χ4v) is 2.60. The largest absolute Gasteiger partial charge is 0.305 e. The maximum Gasteiger partial charge on any atom is 0.305 e. The predicted octanol–water partition coefficient (Wildman–Crippen LogP) is 2.88. The summed E-state index contributed by atoms with van der Waals surface area (Å²) in [6.45, 7) is 0. The Kier molecular flexibility index (Phi) is 3.64. The van der Waals surface area contributed by atoms with Gasteiger partial charge in [0.25, 0.3) is 0 Å². The molecule has 0 saturated carbocycles. The Balaban J connectivity index is 2.16. The van der Waals surface area contributed by atoms with Gasteiger partial charge < -0.3 is 0 Å². The summed E-state index contributed by atoms with van der Waals surface area (Å²) < 4.78 is 18.2. The first-order chi connectivity index (χ1) is 8.18. The van der Waals surface area contributed by atoms with E-state index in [2.05, 4.69) is 9.36 Å². The van der Waals surface area contributed by atoms with E-state index in [1.54, 1.807) is 0 Å². The first kappa shape index (κ1) is 11.9. The van der Waals surface area contributed by atoms with Crippen LogP contribution in [0.3, 0.4) is 0 Å². The average Bonchev–Trinajstić information content (AvgIpc) is 2.80.